The molecule has 1 N–H and O–H groups in total. The van der Waals surface area contributed by atoms with Crippen LogP contribution in [0.1, 0.15) is 22.0 Å². The highest BCUT2D eigenvalue weighted by atomic mass is 19.1. The van der Waals surface area contributed by atoms with Crippen molar-refractivity contribution in [1.82, 2.24) is 0 Å². The quantitative estimate of drug-likeness (QED) is 0.521. The molecule has 0 spiro atoms. The van der Waals surface area contributed by atoms with Crippen LogP contribution in [0.25, 0.3) is 0 Å². The number of fused-ring (bicyclic) bond motifs is 1. The number of ether oxygens (including phenoxy) is 2. The van der Waals surface area contributed by atoms with E-state index in [0.29, 0.717) is 5.69 Å². The van der Waals surface area contributed by atoms with Crippen LogP contribution in [0, 0.1) is 11.7 Å². The molecule has 2 aliphatic rings. The Balaban J connectivity index is 1.68. The number of carboxylic acids is 1. The Bertz CT molecular complexity index is 1350. The fraction of sp³-hybridized carbons (Fsp3) is 0.192. The van der Waals surface area contributed by atoms with Crippen molar-refractivity contribution in [1.29, 1.82) is 0 Å². The van der Waals surface area contributed by atoms with Crippen molar-refractivity contribution in [3.8, 4) is 11.5 Å². The number of carboxylic acid groups (broad SMARTS) is 1. The maximum atomic E-state index is 13.7. The number of carbonyl (C=O) groups is 3. The molecule has 2 heterocycles. The van der Waals surface area contributed by atoms with Crippen LogP contribution >= 0.6 is 0 Å². The topological polar surface area (TPSA) is 106 Å². The third kappa shape index (κ3) is 3.54. The smallest absolute Gasteiger partial charge is 0.339 e. The molecule has 3 aromatic carbocycles. The number of hydrogen-bond acceptors (Lipinski definition) is 7. The minimum absolute atomic E-state index is 0.0221. The fourth-order valence-electron chi connectivity index (χ4n) is 4.78. The lowest BCUT2D eigenvalue weighted by molar-refractivity contribution is -0.126. The zero-order valence-corrected chi connectivity index (χ0v) is 19.3. The second-order valence-electron chi connectivity index (χ2n) is 8.22. The zero-order valence-electron chi connectivity index (χ0n) is 19.3. The molecule has 36 heavy (non-hydrogen) atoms. The highest BCUT2D eigenvalue weighted by molar-refractivity contribution is 6.24. The number of aromatic carboxylic acids is 1. The molecule has 0 radical (unpaired) electrons. The summed E-state index contributed by atoms with van der Waals surface area (Å²) in [6.45, 7) is 0. The van der Waals surface area contributed by atoms with Crippen molar-refractivity contribution in [3.63, 3.8) is 0 Å². The van der Waals surface area contributed by atoms with E-state index < -0.39 is 41.7 Å². The molecule has 0 bridgehead atoms. The molecule has 0 saturated carbocycles. The summed E-state index contributed by atoms with van der Waals surface area (Å²) in [5.74, 6) is -3.95. The summed E-state index contributed by atoms with van der Waals surface area (Å²) in [5.41, 5.74) is 0.711. The van der Waals surface area contributed by atoms with Crippen molar-refractivity contribution < 1.29 is 38.2 Å². The van der Waals surface area contributed by atoms with E-state index in [-0.39, 0.29) is 28.3 Å². The summed E-state index contributed by atoms with van der Waals surface area (Å²) < 4.78 is 24.1. The SMILES string of the molecule is COc1ccc([C@H]2[C@@H]3C(=O)N(c4ccc(F)cc4)C(=O)[C@H]3ON2c2ccccc2)c(C(=O)O)c1OC. The van der Waals surface area contributed by atoms with Gasteiger partial charge in [0.1, 0.15) is 17.3 Å². The Kier molecular flexibility index (Phi) is 5.81. The highest BCUT2D eigenvalue weighted by Crippen LogP contribution is 2.50. The number of imide groups is 1. The van der Waals surface area contributed by atoms with Crippen LogP contribution in [0.3, 0.4) is 0 Å². The van der Waals surface area contributed by atoms with Gasteiger partial charge in [0.05, 0.1) is 31.6 Å². The largest absolute Gasteiger partial charge is 0.493 e. The van der Waals surface area contributed by atoms with E-state index in [1.807, 2.05) is 0 Å². The van der Waals surface area contributed by atoms with Gasteiger partial charge in [-0.1, -0.05) is 24.3 Å². The minimum atomic E-state index is -1.30. The molecule has 10 heteroatoms. The third-order valence-electron chi connectivity index (χ3n) is 6.32. The Labute approximate surface area is 205 Å². The maximum Gasteiger partial charge on any atom is 0.339 e. The molecule has 3 atom stereocenters. The van der Waals surface area contributed by atoms with Gasteiger partial charge in [-0.3, -0.25) is 14.4 Å². The van der Waals surface area contributed by atoms with Crippen LogP contribution in [0.15, 0.2) is 66.7 Å². The van der Waals surface area contributed by atoms with Crippen LogP contribution in [-0.2, 0) is 14.4 Å². The first-order chi connectivity index (χ1) is 17.4. The van der Waals surface area contributed by atoms with Gasteiger partial charge in [0, 0.05) is 0 Å². The molecule has 2 saturated heterocycles. The van der Waals surface area contributed by atoms with Gasteiger partial charge in [-0.25, -0.2) is 19.1 Å². The first kappa shape index (κ1) is 23.3. The number of carbonyl (C=O) groups excluding carboxylic acids is 2. The summed E-state index contributed by atoms with van der Waals surface area (Å²) >= 11 is 0. The second kappa shape index (κ2) is 8.97. The Morgan fingerprint density at radius 3 is 2.22 bits per heavy atom. The maximum absolute atomic E-state index is 13.7. The van der Waals surface area contributed by atoms with Crippen molar-refractivity contribution in [2.75, 3.05) is 24.2 Å². The first-order valence-corrected chi connectivity index (χ1v) is 11.0. The third-order valence-corrected chi connectivity index (χ3v) is 6.32. The van der Waals surface area contributed by atoms with Gasteiger partial charge in [-0.05, 0) is 48.0 Å². The number of benzene rings is 3. The molecular weight excluding hydrogens is 471 g/mol. The average Bonchev–Trinajstić information content (AvgIpc) is 3.39. The molecule has 9 nitrogen and oxygen atoms in total. The van der Waals surface area contributed by atoms with Crippen molar-refractivity contribution >= 4 is 29.2 Å². The molecule has 184 valence electrons. The number of anilines is 2. The van der Waals surface area contributed by atoms with E-state index >= 15 is 0 Å². The van der Waals surface area contributed by atoms with Gasteiger partial charge in [-0.15, -0.1) is 0 Å². The number of methoxy groups -OCH3 is 2. The summed E-state index contributed by atoms with van der Waals surface area (Å²) in [6.07, 6.45) is -1.22. The second-order valence-corrected chi connectivity index (χ2v) is 8.22. The van der Waals surface area contributed by atoms with E-state index in [2.05, 4.69) is 0 Å². The van der Waals surface area contributed by atoms with Crippen molar-refractivity contribution in [2.24, 2.45) is 5.92 Å². The van der Waals surface area contributed by atoms with E-state index in [0.717, 1.165) is 17.0 Å². The molecular formula is C26H21FN2O7. The average molecular weight is 492 g/mol. The molecule has 0 aliphatic carbocycles. The van der Waals surface area contributed by atoms with Crippen LogP contribution < -0.4 is 19.4 Å². The number of nitrogens with zero attached hydrogens (tertiary/aromatic N) is 2. The molecule has 2 amide bonds. The van der Waals surface area contributed by atoms with Gasteiger partial charge in [0.2, 0.25) is 5.91 Å². The van der Waals surface area contributed by atoms with Crippen molar-refractivity contribution in [3.05, 3.63) is 83.7 Å². The van der Waals surface area contributed by atoms with E-state index in [9.17, 15) is 23.9 Å². The summed E-state index contributed by atoms with van der Waals surface area (Å²) in [7, 11) is 2.70. The van der Waals surface area contributed by atoms with Gasteiger partial charge in [-0.2, -0.15) is 0 Å². The van der Waals surface area contributed by atoms with Crippen LogP contribution in [0.4, 0.5) is 15.8 Å². The van der Waals surface area contributed by atoms with E-state index in [1.54, 1.807) is 30.3 Å². The van der Waals surface area contributed by atoms with Gasteiger partial charge < -0.3 is 14.6 Å². The number of hydroxylamine groups is 1. The molecule has 3 aromatic rings. The van der Waals surface area contributed by atoms with E-state index in [1.165, 1.54) is 43.5 Å². The molecule has 0 unspecified atom stereocenters. The monoisotopic (exact) mass is 492 g/mol. The molecule has 2 fully saturated rings. The van der Waals surface area contributed by atoms with Gasteiger partial charge in [0.25, 0.3) is 5.91 Å². The molecule has 0 aromatic heterocycles. The number of hydrogen-bond donors (Lipinski definition) is 1. The summed E-state index contributed by atoms with van der Waals surface area (Å²) in [4.78, 5) is 46.5. The Hall–Kier alpha value is -4.44. The normalized spacial score (nSPS) is 21.0. The predicted molar refractivity (Wildman–Crippen MR) is 125 cm³/mol. The number of rotatable bonds is 6. The lowest BCUT2D eigenvalue weighted by Crippen LogP contribution is -2.37. The van der Waals surface area contributed by atoms with E-state index in [4.69, 9.17) is 14.3 Å². The standard InChI is InChI=1S/C26H21FN2O7/c1-34-18-13-12-17(19(26(32)33)22(18)35-2)21-20-23(36-29(21)16-6-4-3-5-7-16)25(31)28(24(20)30)15-10-8-14(27)9-11-15/h3-13,20-21,23H,1-2H3,(H,32,33)/t20-,21-,23-/m0/s1. The lowest BCUT2D eigenvalue weighted by atomic mass is 9.87. The predicted octanol–water partition coefficient (Wildman–Crippen LogP) is 3.59. The molecule has 2 aliphatic heterocycles. The lowest BCUT2D eigenvalue weighted by Gasteiger charge is -2.30. The van der Waals surface area contributed by atoms with Gasteiger partial charge in [0.15, 0.2) is 17.6 Å². The van der Waals surface area contributed by atoms with Gasteiger partial charge >= 0.3 is 5.97 Å². The zero-order chi connectivity index (χ0) is 25.6. The van der Waals surface area contributed by atoms with Crippen LogP contribution in [0.5, 0.6) is 11.5 Å². The summed E-state index contributed by atoms with van der Waals surface area (Å²) in [5, 5.41) is 11.5. The number of halogens is 1. The first-order valence-electron chi connectivity index (χ1n) is 11.0. The summed E-state index contributed by atoms with van der Waals surface area (Å²) in [6, 6.07) is 15.8. The van der Waals surface area contributed by atoms with Crippen LogP contribution in [-0.4, -0.2) is 43.2 Å². The minimum Gasteiger partial charge on any atom is -0.493 e. The van der Waals surface area contributed by atoms with Crippen LogP contribution in [0.2, 0.25) is 0 Å². The Morgan fingerprint density at radius 1 is 0.917 bits per heavy atom. The highest BCUT2D eigenvalue weighted by Gasteiger charge is 2.61. The fourth-order valence-corrected chi connectivity index (χ4v) is 4.78. The number of para-hydroxylation sites is 1. The molecule has 5 rings (SSSR count). The Morgan fingerprint density at radius 2 is 1.61 bits per heavy atom. The number of amides is 2. The van der Waals surface area contributed by atoms with Crippen molar-refractivity contribution in [2.45, 2.75) is 12.1 Å².